The lowest BCUT2D eigenvalue weighted by Crippen LogP contribution is -2.41. The number of carbonyl (C=O) groups excluding carboxylic acids is 1. The Morgan fingerprint density at radius 1 is 1.27 bits per heavy atom. The van der Waals surface area contributed by atoms with Crippen molar-refractivity contribution in [2.24, 2.45) is 10.9 Å². The predicted molar refractivity (Wildman–Crippen MR) is 93.2 cm³/mol. The normalized spacial score (nSPS) is 14.5. The van der Waals surface area contributed by atoms with Gasteiger partial charge in [-0.15, -0.1) is 0 Å². The quantitative estimate of drug-likeness (QED) is 0.393. The molecule has 0 bridgehead atoms. The number of guanidine groups is 1. The minimum atomic E-state index is -0.0666. The van der Waals surface area contributed by atoms with E-state index < -0.39 is 0 Å². The third-order valence-electron chi connectivity index (χ3n) is 3.34. The molecule has 1 aliphatic carbocycles. The van der Waals surface area contributed by atoms with Crippen molar-refractivity contribution in [2.45, 2.75) is 19.8 Å². The fourth-order valence-corrected chi connectivity index (χ4v) is 2.35. The van der Waals surface area contributed by atoms with Crippen molar-refractivity contribution in [3.05, 3.63) is 34.3 Å². The molecule has 0 unspecified atom stereocenters. The Morgan fingerprint density at radius 2 is 2.05 bits per heavy atom. The molecule has 0 heterocycles. The Labute approximate surface area is 140 Å². The minimum absolute atomic E-state index is 0.0666. The molecule has 0 spiro atoms. The van der Waals surface area contributed by atoms with Gasteiger partial charge in [-0.05, 0) is 43.9 Å². The molecule has 0 saturated heterocycles. The van der Waals surface area contributed by atoms with Crippen LogP contribution in [0.2, 0.25) is 0 Å². The van der Waals surface area contributed by atoms with Crippen LogP contribution in [-0.4, -0.2) is 38.0 Å². The maximum Gasteiger partial charge on any atom is 0.251 e. The second-order valence-corrected chi connectivity index (χ2v) is 6.27. The van der Waals surface area contributed by atoms with E-state index in [1.807, 2.05) is 25.1 Å². The van der Waals surface area contributed by atoms with Gasteiger partial charge in [0, 0.05) is 36.2 Å². The van der Waals surface area contributed by atoms with E-state index in [1.165, 1.54) is 12.8 Å². The summed E-state index contributed by atoms with van der Waals surface area (Å²) in [4.78, 5) is 16.5. The first-order chi connectivity index (χ1) is 10.7. The van der Waals surface area contributed by atoms with Crippen LogP contribution in [0.4, 0.5) is 0 Å². The highest BCUT2D eigenvalue weighted by Crippen LogP contribution is 2.28. The van der Waals surface area contributed by atoms with E-state index in [2.05, 4.69) is 36.9 Å². The van der Waals surface area contributed by atoms with E-state index in [0.29, 0.717) is 18.7 Å². The average Bonchev–Trinajstić information content (AvgIpc) is 3.33. The van der Waals surface area contributed by atoms with Gasteiger partial charge in [-0.3, -0.25) is 9.79 Å². The van der Waals surface area contributed by atoms with Crippen LogP contribution in [-0.2, 0) is 0 Å². The van der Waals surface area contributed by atoms with Crippen LogP contribution in [0.15, 0.2) is 33.7 Å². The summed E-state index contributed by atoms with van der Waals surface area (Å²) in [5.41, 5.74) is 0.656. The second kappa shape index (κ2) is 8.78. The number of hydrogen-bond acceptors (Lipinski definition) is 2. The molecule has 3 N–H and O–H groups in total. The summed E-state index contributed by atoms with van der Waals surface area (Å²) < 4.78 is 0.903. The zero-order chi connectivity index (χ0) is 15.8. The highest BCUT2D eigenvalue weighted by Gasteiger charge is 2.20. The molecule has 0 atom stereocenters. The van der Waals surface area contributed by atoms with Crippen LogP contribution in [0, 0.1) is 5.92 Å². The number of nitrogens with one attached hydrogen (secondary N) is 3. The van der Waals surface area contributed by atoms with Crippen molar-refractivity contribution < 1.29 is 4.79 Å². The summed E-state index contributed by atoms with van der Waals surface area (Å²) in [5.74, 6) is 1.53. The van der Waals surface area contributed by atoms with Gasteiger partial charge in [-0.25, -0.2) is 0 Å². The zero-order valence-corrected chi connectivity index (χ0v) is 14.4. The molecule has 0 aliphatic heterocycles. The van der Waals surface area contributed by atoms with Gasteiger partial charge in [0.25, 0.3) is 5.91 Å². The lowest BCUT2D eigenvalue weighted by molar-refractivity contribution is 0.0954. The average molecular weight is 367 g/mol. The van der Waals surface area contributed by atoms with Gasteiger partial charge in [0.1, 0.15) is 0 Å². The van der Waals surface area contributed by atoms with Crippen molar-refractivity contribution in [1.29, 1.82) is 0 Å². The topological polar surface area (TPSA) is 65.5 Å². The smallest absolute Gasteiger partial charge is 0.251 e. The highest BCUT2D eigenvalue weighted by atomic mass is 79.9. The van der Waals surface area contributed by atoms with Crippen molar-refractivity contribution >= 4 is 27.8 Å². The molecule has 22 heavy (non-hydrogen) atoms. The number of rotatable bonds is 7. The van der Waals surface area contributed by atoms with E-state index >= 15 is 0 Å². The van der Waals surface area contributed by atoms with Gasteiger partial charge < -0.3 is 16.0 Å². The molecular formula is C16H23BrN4O. The van der Waals surface area contributed by atoms with Crippen LogP contribution in [0.25, 0.3) is 0 Å². The maximum atomic E-state index is 12.0. The molecule has 5 nitrogen and oxygen atoms in total. The standard InChI is InChI=1S/C16H23BrN4O/c1-2-18-16(21-11-12-6-7-12)20-9-8-19-15(22)13-4-3-5-14(17)10-13/h3-5,10,12H,2,6-9,11H2,1H3,(H,19,22)(H2,18,20,21). The first kappa shape index (κ1) is 16.8. The largest absolute Gasteiger partial charge is 0.357 e. The van der Waals surface area contributed by atoms with E-state index in [0.717, 1.165) is 29.4 Å². The Bertz CT molecular complexity index is 529. The highest BCUT2D eigenvalue weighted by molar-refractivity contribution is 9.10. The summed E-state index contributed by atoms with van der Waals surface area (Å²) in [6.07, 6.45) is 2.59. The third kappa shape index (κ3) is 6.05. The summed E-state index contributed by atoms with van der Waals surface area (Å²) in [5, 5.41) is 9.35. The number of halogens is 1. The summed E-state index contributed by atoms with van der Waals surface area (Å²) >= 11 is 3.37. The number of carbonyl (C=O) groups is 1. The number of benzene rings is 1. The lowest BCUT2D eigenvalue weighted by atomic mass is 10.2. The molecule has 1 aromatic carbocycles. The summed E-state index contributed by atoms with van der Waals surface area (Å²) in [6, 6.07) is 7.36. The number of hydrogen-bond donors (Lipinski definition) is 3. The minimum Gasteiger partial charge on any atom is -0.357 e. The molecule has 2 rings (SSSR count). The molecular weight excluding hydrogens is 344 g/mol. The van der Waals surface area contributed by atoms with Crippen LogP contribution in [0.5, 0.6) is 0 Å². The van der Waals surface area contributed by atoms with Gasteiger partial charge in [-0.2, -0.15) is 0 Å². The van der Waals surface area contributed by atoms with Crippen LogP contribution < -0.4 is 16.0 Å². The Morgan fingerprint density at radius 3 is 2.73 bits per heavy atom. The lowest BCUT2D eigenvalue weighted by Gasteiger charge is -2.12. The number of nitrogens with zero attached hydrogens (tertiary/aromatic N) is 1. The van der Waals surface area contributed by atoms with Gasteiger partial charge in [0.05, 0.1) is 0 Å². The van der Waals surface area contributed by atoms with Gasteiger partial charge in [0.15, 0.2) is 5.96 Å². The summed E-state index contributed by atoms with van der Waals surface area (Å²) in [6.45, 7) is 4.97. The SMILES string of the molecule is CCNC(=NCC1CC1)NCCNC(=O)c1cccc(Br)c1. The van der Waals surface area contributed by atoms with Crippen molar-refractivity contribution in [2.75, 3.05) is 26.2 Å². The maximum absolute atomic E-state index is 12.0. The monoisotopic (exact) mass is 366 g/mol. The summed E-state index contributed by atoms with van der Waals surface area (Å²) in [7, 11) is 0. The fraction of sp³-hybridized carbons (Fsp3) is 0.500. The van der Waals surface area contributed by atoms with E-state index in [4.69, 9.17) is 0 Å². The zero-order valence-electron chi connectivity index (χ0n) is 12.9. The molecule has 1 amide bonds. The molecule has 1 aromatic rings. The van der Waals surface area contributed by atoms with E-state index in [9.17, 15) is 4.79 Å². The van der Waals surface area contributed by atoms with Crippen LogP contribution in [0.3, 0.4) is 0 Å². The van der Waals surface area contributed by atoms with E-state index in [-0.39, 0.29) is 5.91 Å². The second-order valence-electron chi connectivity index (χ2n) is 5.36. The molecule has 1 saturated carbocycles. The molecule has 0 aromatic heterocycles. The van der Waals surface area contributed by atoms with Crippen molar-refractivity contribution in [1.82, 2.24) is 16.0 Å². The fourth-order valence-electron chi connectivity index (χ4n) is 1.95. The molecule has 1 aliphatic rings. The van der Waals surface area contributed by atoms with Crippen molar-refractivity contribution in [3.8, 4) is 0 Å². The molecule has 120 valence electrons. The molecule has 1 fully saturated rings. The van der Waals surface area contributed by atoms with Gasteiger partial charge in [0.2, 0.25) is 0 Å². The number of amides is 1. The molecule has 6 heteroatoms. The first-order valence-electron chi connectivity index (χ1n) is 7.75. The molecule has 0 radical (unpaired) electrons. The number of aliphatic imine (C=N–C) groups is 1. The Kier molecular flexibility index (Phi) is 6.71. The Hall–Kier alpha value is -1.56. The van der Waals surface area contributed by atoms with Crippen LogP contribution in [0.1, 0.15) is 30.1 Å². The Balaban J connectivity index is 1.70. The van der Waals surface area contributed by atoms with Gasteiger partial charge >= 0.3 is 0 Å². The van der Waals surface area contributed by atoms with Crippen molar-refractivity contribution in [3.63, 3.8) is 0 Å². The first-order valence-corrected chi connectivity index (χ1v) is 8.54. The predicted octanol–water partition coefficient (Wildman–Crippen LogP) is 2.14. The third-order valence-corrected chi connectivity index (χ3v) is 3.83. The van der Waals surface area contributed by atoms with Crippen LogP contribution >= 0.6 is 15.9 Å². The van der Waals surface area contributed by atoms with E-state index in [1.54, 1.807) is 6.07 Å². The van der Waals surface area contributed by atoms with Gasteiger partial charge in [-0.1, -0.05) is 22.0 Å².